The van der Waals surface area contributed by atoms with E-state index in [4.69, 9.17) is 4.74 Å². The lowest BCUT2D eigenvalue weighted by molar-refractivity contribution is -0.127. The number of ether oxygens (including phenoxy) is 1. The molecule has 0 aliphatic carbocycles. The van der Waals surface area contributed by atoms with Crippen molar-refractivity contribution in [3.8, 4) is 5.75 Å². The summed E-state index contributed by atoms with van der Waals surface area (Å²) >= 11 is 0. The minimum Gasteiger partial charge on any atom is -0.497 e. The third-order valence-corrected chi connectivity index (χ3v) is 3.81. The summed E-state index contributed by atoms with van der Waals surface area (Å²) in [6.07, 6.45) is 3.06. The highest BCUT2D eigenvalue weighted by atomic mass is 16.5. The Morgan fingerprint density at radius 2 is 2.14 bits per heavy atom. The third-order valence-electron chi connectivity index (χ3n) is 3.81. The van der Waals surface area contributed by atoms with Crippen LogP contribution in [0.4, 0.5) is 0 Å². The first-order valence-corrected chi connectivity index (χ1v) is 7.00. The number of nitrogens with zero attached hydrogens (tertiary/aromatic N) is 3. The Morgan fingerprint density at radius 3 is 2.86 bits per heavy atom. The van der Waals surface area contributed by atoms with Crippen LogP contribution in [0.5, 0.6) is 5.75 Å². The largest absolute Gasteiger partial charge is 0.497 e. The molecule has 1 amide bonds. The van der Waals surface area contributed by atoms with Crippen molar-refractivity contribution in [1.82, 2.24) is 14.5 Å². The highest BCUT2D eigenvalue weighted by Crippen LogP contribution is 2.16. The minimum atomic E-state index is -0.106. The number of carbonyl (C=O) groups excluding carboxylic acids is 1. The highest BCUT2D eigenvalue weighted by molar-refractivity contribution is 5.79. The number of hydrogen-bond donors (Lipinski definition) is 0. The fourth-order valence-electron chi connectivity index (χ4n) is 2.59. The zero-order valence-corrected chi connectivity index (χ0v) is 11.9. The van der Waals surface area contributed by atoms with Gasteiger partial charge >= 0.3 is 0 Å². The minimum absolute atomic E-state index is 0.106. The monoisotopic (exact) mass is 287 g/mol. The van der Waals surface area contributed by atoms with Crippen LogP contribution in [-0.4, -0.2) is 40.6 Å². The van der Waals surface area contributed by atoms with Gasteiger partial charge in [0, 0.05) is 26.1 Å². The number of carbonyl (C=O) groups is 1. The van der Waals surface area contributed by atoms with Gasteiger partial charge in [-0.3, -0.25) is 14.2 Å². The van der Waals surface area contributed by atoms with Gasteiger partial charge < -0.3 is 9.64 Å². The molecule has 1 aliphatic rings. The van der Waals surface area contributed by atoms with Crippen LogP contribution in [0.2, 0.25) is 0 Å². The van der Waals surface area contributed by atoms with Gasteiger partial charge in [-0.1, -0.05) is 0 Å². The van der Waals surface area contributed by atoms with Gasteiger partial charge in [0.1, 0.15) is 5.75 Å². The van der Waals surface area contributed by atoms with E-state index in [0.717, 1.165) is 13.0 Å². The molecular weight excluding hydrogens is 270 g/mol. The Kier molecular flexibility index (Phi) is 3.60. The Hall–Kier alpha value is -2.37. The first-order chi connectivity index (χ1) is 10.2. The maximum atomic E-state index is 12.4. The molecule has 0 atom stereocenters. The Labute approximate surface area is 122 Å². The average molecular weight is 287 g/mol. The van der Waals surface area contributed by atoms with Gasteiger partial charge in [0.15, 0.2) is 0 Å². The lowest BCUT2D eigenvalue weighted by Gasteiger charge is -2.16. The van der Waals surface area contributed by atoms with Crippen molar-refractivity contribution in [3.63, 3.8) is 0 Å². The standard InChI is InChI=1S/C15H17N3O3/c1-21-11-4-5-13-12(9-11)15(20)18(10-16-13)8-7-17-6-2-3-14(17)19/h4-5,9-10H,2-3,6-8H2,1H3. The van der Waals surface area contributed by atoms with Crippen LogP contribution in [0.1, 0.15) is 12.8 Å². The van der Waals surface area contributed by atoms with Crippen LogP contribution in [0.15, 0.2) is 29.3 Å². The molecule has 1 saturated heterocycles. The molecule has 2 heterocycles. The van der Waals surface area contributed by atoms with Crippen molar-refractivity contribution < 1.29 is 9.53 Å². The molecule has 3 rings (SSSR count). The molecule has 110 valence electrons. The molecule has 6 heteroatoms. The van der Waals surface area contributed by atoms with E-state index >= 15 is 0 Å². The molecule has 1 aromatic carbocycles. The van der Waals surface area contributed by atoms with Gasteiger partial charge in [-0.25, -0.2) is 4.98 Å². The van der Waals surface area contributed by atoms with E-state index in [-0.39, 0.29) is 11.5 Å². The quantitative estimate of drug-likeness (QED) is 0.842. The van der Waals surface area contributed by atoms with Gasteiger partial charge in [0.25, 0.3) is 5.56 Å². The van der Waals surface area contributed by atoms with Crippen molar-refractivity contribution >= 4 is 16.8 Å². The predicted octanol–water partition coefficient (Wildman–Crippen LogP) is 1.03. The number of amides is 1. The summed E-state index contributed by atoms with van der Waals surface area (Å²) in [5.41, 5.74) is 0.542. The van der Waals surface area contributed by atoms with Gasteiger partial charge in [-0.15, -0.1) is 0 Å². The fraction of sp³-hybridized carbons (Fsp3) is 0.400. The summed E-state index contributed by atoms with van der Waals surface area (Å²) in [5, 5.41) is 0.532. The molecule has 1 fully saturated rings. The van der Waals surface area contributed by atoms with Crippen molar-refractivity contribution in [3.05, 3.63) is 34.9 Å². The molecule has 0 N–H and O–H groups in total. The summed E-state index contributed by atoms with van der Waals surface area (Å²) in [6.45, 7) is 1.79. The van der Waals surface area contributed by atoms with Gasteiger partial charge in [-0.2, -0.15) is 0 Å². The topological polar surface area (TPSA) is 64.4 Å². The van der Waals surface area contributed by atoms with E-state index in [1.807, 2.05) is 0 Å². The second-order valence-corrected chi connectivity index (χ2v) is 5.11. The number of methoxy groups -OCH3 is 1. The average Bonchev–Trinajstić information content (AvgIpc) is 2.92. The second-order valence-electron chi connectivity index (χ2n) is 5.11. The Morgan fingerprint density at radius 1 is 1.29 bits per heavy atom. The van der Waals surface area contributed by atoms with Crippen LogP contribution in [0.25, 0.3) is 10.9 Å². The molecule has 21 heavy (non-hydrogen) atoms. The highest BCUT2D eigenvalue weighted by Gasteiger charge is 2.19. The SMILES string of the molecule is COc1ccc2ncn(CCN3CCCC3=O)c(=O)c2c1. The molecule has 2 aromatic rings. The van der Waals surface area contributed by atoms with Crippen LogP contribution in [-0.2, 0) is 11.3 Å². The van der Waals surface area contributed by atoms with Crippen molar-refractivity contribution in [2.45, 2.75) is 19.4 Å². The molecule has 0 saturated carbocycles. The number of likely N-dealkylation sites (tertiary alicyclic amines) is 1. The maximum Gasteiger partial charge on any atom is 0.261 e. The van der Waals surface area contributed by atoms with E-state index in [9.17, 15) is 9.59 Å². The Balaban J connectivity index is 1.87. The van der Waals surface area contributed by atoms with Crippen molar-refractivity contribution in [2.24, 2.45) is 0 Å². The number of rotatable bonds is 4. The van der Waals surface area contributed by atoms with E-state index in [1.165, 1.54) is 6.33 Å². The third kappa shape index (κ3) is 2.61. The zero-order valence-electron chi connectivity index (χ0n) is 11.9. The molecule has 0 radical (unpaired) electrons. The lowest BCUT2D eigenvalue weighted by atomic mass is 10.2. The summed E-state index contributed by atoms with van der Waals surface area (Å²) in [7, 11) is 1.56. The van der Waals surface area contributed by atoms with Crippen LogP contribution >= 0.6 is 0 Å². The van der Waals surface area contributed by atoms with Crippen molar-refractivity contribution in [1.29, 1.82) is 0 Å². The number of hydrogen-bond acceptors (Lipinski definition) is 4. The van der Waals surface area contributed by atoms with Gasteiger partial charge in [0.2, 0.25) is 5.91 Å². The first-order valence-electron chi connectivity index (χ1n) is 7.00. The second kappa shape index (κ2) is 5.55. The number of benzene rings is 1. The van der Waals surface area contributed by atoms with E-state index < -0.39 is 0 Å². The summed E-state index contributed by atoms with van der Waals surface area (Å²) in [5.74, 6) is 0.798. The molecule has 1 aromatic heterocycles. The molecule has 1 aliphatic heterocycles. The number of aromatic nitrogens is 2. The smallest absolute Gasteiger partial charge is 0.261 e. The van der Waals surface area contributed by atoms with Gasteiger partial charge in [0.05, 0.1) is 24.3 Å². The van der Waals surface area contributed by atoms with Crippen LogP contribution in [0, 0.1) is 0 Å². The predicted molar refractivity (Wildman–Crippen MR) is 78.4 cm³/mol. The summed E-state index contributed by atoms with van der Waals surface area (Å²) < 4.78 is 6.69. The molecule has 0 spiro atoms. The zero-order chi connectivity index (χ0) is 14.8. The number of fused-ring (bicyclic) bond motifs is 1. The molecule has 0 unspecified atom stereocenters. The van der Waals surface area contributed by atoms with Crippen LogP contribution < -0.4 is 10.3 Å². The van der Waals surface area contributed by atoms with E-state index in [1.54, 1.807) is 34.8 Å². The molecule has 6 nitrogen and oxygen atoms in total. The van der Waals surface area contributed by atoms with Crippen molar-refractivity contribution in [2.75, 3.05) is 20.2 Å². The van der Waals surface area contributed by atoms with E-state index in [0.29, 0.717) is 36.2 Å². The van der Waals surface area contributed by atoms with Crippen LogP contribution in [0.3, 0.4) is 0 Å². The molecular formula is C15H17N3O3. The normalized spacial score (nSPS) is 14.9. The maximum absolute atomic E-state index is 12.4. The van der Waals surface area contributed by atoms with E-state index in [2.05, 4.69) is 4.98 Å². The lowest BCUT2D eigenvalue weighted by Crippen LogP contribution is -2.31. The first kappa shape index (κ1) is 13.6. The fourth-order valence-corrected chi connectivity index (χ4v) is 2.59. The summed E-state index contributed by atoms with van der Waals surface area (Å²) in [6, 6.07) is 5.24. The van der Waals surface area contributed by atoms with Gasteiger partial charge in [-0.05, 0) is 24.6 Å². The molecule has 0 bridgehead atoms. The summed E-state index contributed by atoms with van der Waals surface area (Å²) in [4.78, 5) is 30.1. The Bertz CT molecular complexity index is 739.